The van der Waals surface area contributed by atoms with Crippen LogP contribution in [0.15, 0.2) is 24.3 Å². The van der Waals surface area contributed by atoms with E-state index in [-0.39, 0.29) is 5.60 Å². The fraction of sp³-hybridized carbons (Fsp3) is 0.571. The Kier molecular flexibility index (Phi) is 3.20. The quantitative estimate of drug-likeness (QED) is 0.776. The molecule has 2 heteroatoms. The summed E-state index contributed by atoms with van der Waals surface area (Å²) in [6, 6.07) is 8.22. The van der Waals surface area contributed by atoms with Crippen LogP contribution in [0.2, 0.25) is 0 Å². The number of methoxy groups -OCH3 is 1. The third-order valence-corrected chi connectivity index (χ3v) is 3.44. The van der Waals surface area contributed by atoms with Crippen molar-refractivity contribution >= 4 is 0 Å². The van der Waals surface area contributed by atoms with Crippen LogP contribution >= 0.6 is 0 Å². The number of hydrogen-bond acceptors (Lipinski definition) is 2. The summed E-state index contributed by atoms with van der Waals surface area (Å²) < 4.78 is 11.2. The summed E-state index contributed by atoms with van der Waals surface area (Å²) >= 11 is 0. The largest absolute Gasteiger partial charge is 0.493 e. The van der Waals surface area contributed by atoms with Gasteiger partial charge in [0.15, 0.2) is 0 Å². The van der Waals surface area contributed by atoms with Crippen LogP contribution in [0.5, 0.6) is 5.75 Å². The standard InChI is InChI=1S/C14H20O2/c1-11-4-6-13(7-5-11)16-10-12-8-14(2,9-12)15-3/h4-7,12H,8-10H2,1-3H3/t12-,14-. The number of rotatable bonds is 4. The van der Waals surface area contributed by atoms with Crippen LogP contribution in [0.3, 0.4) is 0 Å². The van der Waals surface area contributed by atoms with Gasteiger partial charge in [-0.15, -0.1) is 0 Å². The highest BCUT2D eigenvalue weighted by Crippen LogP contribution is 2.40. The molecule has 0 atom stereocenters. The van der Waals surface area contributed by atoms with Crippen molar-refractivity contribution in [3.8, 4) is 5.75 Å². The first-order valence-corrected chi connectivity index (χ1v) is 5.86. The summed E-state index contributed by atoms with van der Waals surface area (Å²) in [5.74, 6) is 1.61. The second-order valence-electron chi connectivity index (χ2n) is 5.05. The third kappa shape index (κ3) is 2.56. The van der Waals surface area contributed by atoms with Gasteiger partial charge in [-0.1, -0.05) is 17.7 Å². The Bertz CT molecular complexity index is 336. The SMILES string of the molecule is CO[C@]1(C)C[C@@H](COc2ccc(C)cc2)C1. The van der Waals surface area contributed by atoms with Crippen molar-refractivity contribution in [3.63, 3.8) is 0 Å². The molecule has 0 amide bonds. The highest BCUT2D eigenvalue weighted by molar-refractivity contribution is 5.26. The minimum Gasteiger partial charge on any atom is -0.493 e. The topological polar surface area (TPSA) is 18.5 Å². The van der Waals surface area contributed by atoms with Crippen LogP contribution in [0.1, 0.15) is 25.3 Å². The van der Waals surface area contributed by atoms with Gasteiger partial charge in [-0.05, 0) is 44.7 Å². The van der Waals surface area contributed by atoms with Crippen molar-refractivity contribution in [2.45, 2.75) is 32.3 Å². The van der Waals surface area contributed by atoms with Gasteiger partial charge < -0.3 is 9.47 Å². The molecule has 0 radical (unpaired) electrons. The van der Waals surface area contributed by atoms with E-state index in [0.717, 1.165) is 25.2 Å². The van der Waals surface area contributed by atoms with E-state index in [1.807, 2.05) is 12.1 Å². The zero-order chi connectivity index (χ0) is 11.6. The molecule has 0 bridgehead atoms. The number of hydrogen-bond donors (Lipinski definition) is 0. The van der Waals surface area contributed by atoms with Gasteiger partial charge in [0, 0.05) is 7.11 Å². The lowest BCUT2D eigenvalue weighted by Crippen LogP contribution is -2.44. The zero-order valence-electron chi connectivity index (χ0n) is 10.3. The summed E-state index contributed by atoms with van der Waals surface area (Å²) in [4.78, 5) is 0. The Morgan fingerprint density at radius 1 is 1.25 bits per heavy atom. The molecule has 0 N–H and O–H groups in total. The number of benzene rings is 1. The van der Waals surface area contributed by atoms with E-state index in [0.29, 0.717) is 5.92 Å². The van der Waals surface area contributed by atoms with Crippen LogP contribution in [-0.4, -0.2) is 19.3 Å². The molecule has 0 spiro atoms. The van der Waals surface area contributed by atoms with Gasteiger partial charge in [0.2, 0.25) is 0 Å². The Balaban J connectivity index is 1.75. The lowest BCUT2D eigenvalue weighted by atomic mass is 9.72. The number of aryl methyl sites for hydroxylation is 1. The predicted octanol–water partition coefficient (Wildman–Crippen LogP) is 3.19. The summed E-state index contributed by atoms with van der Waals surface area (Å²) in [5, 5.41) is 0. The van der Waals surface area contributed by atoms with Gasteiger partial charge in [0.25, 0.3) is 0 Å². The molecule has 1 saturated carbocycles. The average Bonchev–Trinajstić information content (AvgIpc) is 2.25. The Morgan fingerprint density at radius 3 is 2.44 bits per heavy atom. The lowest BCUT2D eigenvalue weighted by Gasteiger charge is -2.43. The van der Waals surface area contributed by atoms with Crippen molar-refractivity contribution in [2.75, 3.05) is 13.7 Å². The van der Waals surface area contributed by atoms with E-state index in [4.69, 9.17) is 9.47 Å². The van der Waals surface area contributed by atoms with Crippen LogP contribution in [0.25, 0.3) is 0 Å². The molecule has 0 aliphatic heterocycles. The zero-order valence-corrected chi connectivity index (χ0v) is 10.3. The number of ether oxygens (including phenoxy) is 2. The minimum atomic E-state index is 0.0985. The molecule has 1 aromatic carbocycles. The second-order valence-corrected chi connectivity index (χ2v) is 5.05. The first kappa shape index (κ1) is 11.5. The fourth-order valence-electron chi connectivity index (χ4n) is 2.29. The molecule has 1 aliphatic carbocycles. The molecule has 1 aliphatic rings. The van der Waals surface area contributed by atoms with Crippen LogP contribution in [-0.2, 0) is 4.74 Å². The Labute approximate surface area is 97.6 Å². The van der Waals surface area contributed by atoms with Gasteiger partial charge in [-0.3, -0.25) is 0 Å². The monoisotopic (exact) mass is 220 g/mol. The molecule has 0 heterocycles. The molecule has 0 saturated heterocycles. The van der Waals surface area contributed by atoms with Crippen LogP contribution in [0.4, 0.5) is 0 Å². The molecule has 88 valence electrons. The average molecular weight is 220 g/mol. The van der Waals surface area contributed by atoms with Crippen molar-refractivity contribution in [1.29, 1.82) is 0 Å². The van der Waals surface area contributed by atoms with Crippen molar-refractivity contribution < 1.29 is 9.47 Å². The molecule has 2 nitrogen and oxygen atoms in total. The van der Waals surface area contributed by atoms with Crippen LogP contribution in [0, 0.1) is 12.8 Å². The molecular formula is C14H20O2. The van der Waals surface area contributed by atoms with E-state index >= 15 is 0 Å². The van der Waals surface area contributed by atoms with E-state index in [1.165, 1.54) is 5.56 Å². The molecule has 1 fully saturated rings. The summed E-state index contributed by atoms with van der Waals surface area (Å²) in [6.07, 6.45) is 2.21. The van der Waals surface area contributed by atoms with Gasteiger partial charge in [0.1, 0.15) is 5.75 Å². The molecule has 16 heavy (non-hydrogen) atoms. The second kappa shape index (κ2) is 4.46. The van der Waals surface area contributed by atoms with Crippen LogP contribution < -0.4 is 4.74 Å². The maximum atomic E-state index is 5.75. The Hall–Kier alpha value is -1.02. The van der Waals surface area contributed by atoms with Gasteiger partial charge in [0.05, 0.1) is 12.2 Å². The maximum Gasteiger partial charge on any atom is 0.119 e. The minimum absolute atomic E-state index is 0.0985. The molecule has 2 rings (SSSR count). The molecule has 0 unspecified atom stereocenters. The van der Waals surface area contributed by atoms with Gasteiger partial charge in [-0.25, -0.2) is 0 Å². The molecular weight excluding hydrogens is 200 g/mol. The Morgan fingerprint density at radius 2 is 1.88 bits per heavy atom. The van der Waals surface area contributed by atoms with Crippen molar-refractivity contribution in [1.82, 2.24) is 0 Å². The summed E-state index contributed by atoms with van der Waals surface area (Å²) in [6.45, 7) is 5.05. The molecule has 0 aromatic heterocycles. The van der Waals surface area contributed by atoms with E-state index in [9.17, 15) is 0 Å². The lowest BCUT2D eigenvalue weighted by molar-refractivity contribution is -0.0991. The fourth-order valence-corrected chi connectivity index (χ4v) is 2.29. The van der Waals surface area contributed by atoms with Gasteiger partial charge in [-0.2, -0.15) is 0 Å². The van der Waals surface area contributed by atoms with E-state index in [1.54, 1.807) is 7.11 Å². The smallest absolute Gasteiger partial charge is 0.119 e. The first-order valence-electron chi connectivity index (χ1n) is 5.86. The van der Waals surface area contributed by atoms with E-state index < -0.39 is 0 Å². The summed E-state index contributed by atoms with van der Waals surface area (Å²) in [7, 11) is 1.79. The highest BCUT2D eigenvalue weighted by Gasteiger charge is 2.40. The summed E-state index contributed by atoms with van der Waals surface area (Å²) in [5.41, 5.74) is 1.37. The predicted molar refractivity (Wildman–Crippen MR) is 64.8 cm³/mol. The van der Waals surface area contributed by atoms with Crippen molar-refractivity contribution in [2.24, 2.45) is 5.92 Å². The third-order valence-electron chi connectivity index (χ3n) is 3.44. The van der Waals surface area contributed by atoms with E-state index in [2.05, 4.69) is 26.0 Å². The molecule has 1 aromatic rings. The van der Waals surface area contributed by atoms with Crippen molar-refractivity contribution in [3.05, 3.63) is 29.8 Å². The first-order chi connectivity index (χ1) is 7.61. The normalized spacial score (nSPS) is 28.6. The van der Waals surface area contributed by atoms with Gasteiger partial charge >= 0.3 is 0 Å². The maximum absolute atomic E-state index is 5.75. The highest BCUT2D eigenvalue weighted by atomic mass is 16.5.